The van der Waals surface area contributed by atoms with Crippen molar-refractivity contribution >= 4 is 40.4 Å². The first-order valence-electron chi connectivity index (χ1n) is 9.29. The number of rotatable bonds is 4. The number of aromatic nitrogens is 2. The number of benzene rings is 2. The van der Waals surface area contributed by atoms with E-state index >= 15 is 0 Å². The summed E-state index contributed by atoms with van der Waals surface area (Å²) in [6.45, 7) is 2.64. The van der Waals surface area contributed by atoms with Crippen molar-refractivity contribution in [3.8, 4) is 0 Å². The van der Waals surface area contributed by atoms with E-state index < -0.39 is 0 Å². The minimum atomic E-state index is -0.300. The van der Waals surface area contributed by atoms with E-state index in [9.17, 15) is 9.59 Å². The lowest BCUT2D eigenvalue weighted by atomic mass is 10.1. The van der Waals surface area contributed by atoms with Gasteiger partial charge >= 0.3 is 0 Å². The third-order valence-corrected chi connectivity index (χ3v) is 6.11. The predicted octanol–water partition coefficient (Wildman–Crippen LogP) is 4.73. The van der Waals surface area contributed by atoms with Crippen LogP contribution in [0.15, 0.2) is 48.5 Å². The van der Waals surface area contributed by atoms with Crippen molar-refractivity contribution < 1.29 is 9.59 Å². The molecule has 0 aliphatic carbocycles. The second-order valence-corrected chi connectivity index (χ2v) is 8.37. The maximum Gasteiger partial charge on any atom is 0.286 e. The first-order valence-corrected chi connectivity index (χ1v) is 10.5. The maximum atomic E-state index is 12.9. The Morgan fingerprint density at radius 1 is 1.10 bits per heavy atom. The lowest BCUT2D eigenvalue weighted by Crippen LogP contribution is -2.30. The molecule has 0 spiro atoms. The Kier molecular flexibility index (Phi) is 5.60. The van der Waals surface area contributed by atoms with Crippen LogP contribution in [0.3, 0.4) is 0 Å². The van der Waals surface area contributed by atoms with Gasteiger partial charge in [-0.25, -0.2) is 0 Å². The van der Waals surface area contributed by atoms with E-state index in [2.05, 4.69) is 15.5 Å². The Morgan fingerprint density at radius 2 is 1.83 bits per heavy atom. The number of carbonyl (C=O) groups is 2. The number of nitrogens with one attached hydrogen (secondary N) is 1. The van der Waals surface area contributed by atoms with Gasteiger partial charge in [0.1, 0.15) is 5.01 Å². The monoisotopic (exact) mass is 426 g/mol. The van der Waals surface area contributed by atoms with Crippen LogP contribution >= 0.6 is 22.9 Å². The molecule has 0 radical (unpaired) electrons. The first-order chi connectivity index (χ1) is 14.0. The highest BCUT2D eigenvalue weighted by Gasteiger charge is 2.33. The summed E-state index contributed by atoms with van der Waals surface area (Å²) in [5, 5.41) is 12.6. The molecule has 0 unspecified atom stereocenters. The van der Waals surface area contributed by atoms with E-state index in [0.717, 1.165) is 18.4 Å². The molecule has 1 N–H and O–H groups in total. The average Bonchev–Trinajstić information content (AvgIpc) is 3.39. The van der Waals surface area contributed by atoms with Crippen molar-refractivity contribution in [1.82, 2.24) is 15.1 Å². The number of hydrogen-bond acceptors (Lipinski definition) is 5. The fourth-order valence-electron chi connectivity index (χ4n) is 3.31. The fourth-order valence-corrected chi connectivity index (χ4v) is 4.32. The topological polar surface area (TPSA) is 75.2 Å². The van der Waals surface area contributed by atoms with Gasteiger partial charge in [0.25, 0.3) is 11.8 Å². The Balaban J connectivity index is 1.49. The molecule has 4 rings (SSSR count). The van der Waals surface area contributed by atoms with Gasteiger partial charge in [-0.05, 0) is 56.2 Å². The lowest BCUT2D eigenvalue weighted by molar-refractivity contribution is 0.0735. The number of likely N-dealkylation sites (tertiary alicyclic amines) is 1. The summed E-state index contributed by atoms with van der Waals surface area (Å²) in [4.78, 5) is 27.2. The summed E-state index contributed by atoms with van der Waals surface area (Å²) >= 11 is 7.15. The summed E-state index contributed by atoms with van der Waals surface area (Å²) in [5.41, 5.74) is 2.41. The van der Waals surface area contributed by atoms with E-state index in [4.69, 9.17) is 11.6 Å². The Labute approximate surface area is 177 Å². The van der Waals surface area contributed by atoms with E-state index in [1.807, 2.05) is 31.2 Å². The number of halogens is 1. The Morgan fingerprint density at radius 3 is 2.55 bits per heavy atom. The molecule has 0 saturated carbocycles. The molecule has 2 amide bonds. The third-order valence-electron chi connectivity index (χ3n) is 4.83. The number of anilines is 1. The van der Waals surface area contributed by atoms with E-state index in [-0.39, 0.29) is 22.9 Å². The molecule has 1 saturated heterocycles. The van der Waals surface area contributed by atoms with Crippen LogP contribution in [-0.2, 0) is 0 Å². The number of carbonyl (C=O) groups excluding carboxylic acids is 2. The van der Waals surface area contributed by atoms with Gasteiger partial charge in [-0.2, -0.15) is 0 Å². The number of nitrogens with zero attached hydrogens (tertiary/aromatic N) is 3. The molecule has 1 aromatic heterocycles. The Bertz CT molecular complexity index is 1030. The molecule has 1 aliphatic heterocycles. The molecule has 6 nitrogen and oxygen atoms in total. The summed E-state index contributed by atoms with van der Waals surface area (Å²) in [6.07, 6.45) is 1.68. The minimum Gasteiger partial charge on any atom is -0.329 e. The molecular weight excluding hydrogens is 408 g/mol. The molecule has 3 aromatic rings. The molecule has 148 valence electrons. The summed E-state index contributed by atoms with van der Waals surface area (Å²) in [7, 11) is 0. The summed E-state index contributed by atoms with van der Waals surface area (Å²) in [5.74, 6) is -0.365. The van der Waals surface area contributed by atoms with Crippen LogP contribution in [0.4, 0.5) is 5.69 Å². The number of hydrogen-bond donors (Lipinski definition) is 1. The standard InChI is InChI=1S/C21H19ClN4O2S/c1-13-4-10-16(11-5-13)23-18(27)20-25-24-19(29-20)17-3-2-12-26(17)21(28)14-6-8-15(22)9-7-14/h4-11,17H,2-3,12H2,1H3,(H,23,27)/t17-/m0/s1. The van der Waals surface area contributed by atoms with E-state index in [0.29, 0.717) is 27.8 Å². The van der Waals surface area contributed by atoms with Crippen molar-refractivity contribution in [2.24, 2.45) is 0 Å². The van der Waals surface area contributed by atoms with Crippen LogP contribution in [0.1, 0.15) is 49.6 Å². The van der Waals surface area contributed by atoms with Gasteiger partial charge in [0.05, 0.1) is 6.04 Å². The van der Waals surface area contributed by atoms with Crippen molar-refractivity contribution in [2.75, 3.05) is 11.9 Å². The normalized spacial score (nSPS) is 16.1. The van der Waals surface area contributed by atoms with Crippen molar-refractivity contribution in [2.45, 2.75) is 25.8 Å². The van der Waals surface area contributed by atoms with Crippen molar-refractivity contribution in [1.29, 1.82) is 0 Å². The molecule has 1 aliphatic rings. The first kappa shape index (κ1) is 19.5. The highest BCUT2D eigenvalue weighted by molar-refractivity contribution is 7.13. The molecule has 2 heterocycles. The second-order valence-electron chi connectivity index (χ2n) is 6.93. The second kappa shape index (κ2) is 8.31. The van der Waals surface area contributed by atoms with Crippen molar-refractivity contribution in [3.63, 3.8) is 0 Å². The van der Waals surface area contributed by atoms with Gasteiger partial charge in [0.2, 0.25) is 5.01 Å². The quantitative estimate of drug-likeness (QED) is 0.654. The predicted molar refractivity (Wildman–Crippen MR) is 114 cm³/mol. The van der Waals surface area contributed by atoms with Gasteiger partial charge in [0.15, 0.2) is 0 Å². The summed E-state index contributed by atoms with van der Waals surface area (Å²) < 4.78 is 0. The van der Waals surface area contributed by atoms with Gasteiger partial charge in [-0.1, -0.05) is 40.6 Å². The van der Waals surface area contributed by atoms with Crippen LogP contribution in [0.25, 0.3) is 0 Å². The van der Waals surface area contributed by atoms with Gasteiger partial charge in [0, 0.05) is 22.8 Å². The maximum absolute atomic E-state index is 12.9. The molecule has 1 atom stereocenters. The highest BCUT2D eigenvalue weighted by atomic mass is 35.5. The van der Waals surface area contributed by atoms with Crippen LogP contribution in [0, 0.1) is 6.92 Å². The SMILES string of the molecule is Cc1ccc(NC(=O)c2nnc([C@@H]3CCCN3C(=O)c3ccc(Cl)cc3)s2)cc1. The number of amides is 2. The van der Waals surface area contributed by atoms with Crippen LogP contribution in [0.2, 0.25) is 5.02 Å². The molecule has 29 heavy (non-hydrogen) atoms. The molecule has 1 fully saturated rings. The average molecular weight is 427 g/mol. The Hall–Kier alpha value is -2.77. The highest BCUT2D eigenvalue weighted by Crippen LogP contribution is 2.35. The minimum absolute atomic E-state index is 0.0648. The zero-order valence-corrected chi connectivity index (χ0v) is 17.3. The number of aryl methyl sites for hydroxylation is 1. The van der Waals surface area contributed by atoms with Crippen molar-refractivity contribution in [3.05, 3.63) is 74.7 Å². The third kappa shape index (κ3) is 4.31. The van der Waals surface area contributed by atoms with Crippen LogP contribution in [-0.4, -0.2) is 33.5 Å². The molecule has 0 bridgehead atoms. The van der Waals surface area contributed by atoms with E-state index in [1.54, 1.807) is 29.2 Å². The zero-order valence-electron chi connectivity index (χ0n) is 15.8. The van der Waals surface area contributed by atoms with Crippen LogP contribution < -0.4 is 5.32 Å². The molecule has 8 heteroatoms. The van der Waals surface area contributed by atoms with Crippen LogP contribution in [0.5, 0.6) is 0 Å². The van der Waals surface area contributed by atoms with Gasteiger partial charge in [-0.15, -0.1) is 10.2 Å². The molecular formula is C21H19ClN4O2S. The van der Waals surface area contributed by atoms with E-state index in [1.165, 1.54) is 11.3 Å². The largest absolute Gasteiger partial charge is 0.329 e. The summed E-state index contributed by atoms with van der Waals surface area (Å²) in [6, 6.07) is 14.2. The zero-order chi connectivity index (χ0) is 20.4. The smallest absolute Gasteiger partial charge is 0.286 e. The van der Waals surface area contributed by atoms with Gasteiger partial charge < -0.3 is 10.2 Å². The fraction of sp³-hybridized carbons (Fsp3) is 0.238. The molecule has 2 aromatic carbocycles. The van der Waals surface area contributed by atoms with Gasteiger partial charge in [-0.3, -0.25) is 9.59 Å². The lowest BCUT2D eigenvalue weighted by Gasteiger charge is -2.22.